The third-order valence-corrected chi connectivity index (χ3v) is 11.8. The van der Waals surface area contributed by atoms with Crippen molar-refractivity contribution in [2.24, 2.45) is 0 Å². The SMILES string of the molecule is CC[C@@]1(O)C(=O)OCc2c1cc1n(c2=O)Cc2c-1nc1cc3c(cc1c2CNC(=O)COCNC(=O)[C@H](C)NC(=O)[C@H](C)NC(=O)[C@H](C)NC(=O)CCCCCN1C(=O)C=CC1=O)OC(F)(F)O3. The monoisotopic (exact) mass is 950 g/mol. The fraction of sp³-hybridized carbons (Fsp3) is 0.455. The normalized spacial score (nSPS) is 18.5. The molecule has 362 valence electrons. The van der Waals surface area contributed by atoms with Gasteiger partial charge in [0.05, 0.1) is 29.0 Å². The van der Waals surface area contributed by atoms with E-state index >= 15 is 0 Å². The molecular formula is C44H48F2N8O14. The molecule has 2 aromatic heterocycles. The quantitative estimate of drug-likeness (QED) is 0.0315. The van der Waals surface area contributed by atoms with Crippen LogP contribution in [0.3, 0.4) is 0 Å². The van der Waals surface area contributed by atoms with E-state index in [1.807, 2.05) is 0 Å². The van der Waals surface area contributed by atoms with Crippen LogP contribution in [0, 0.1) is 0 Å². The number of pyridine rings is 2. The number of ether oxygens (including phenoxy) is 4. The van der Waals surface area contributed by atoms with E-state index in [-0.39, 0.29) is 95.8 Å². The third kappa shape index (κ3) is 10.00. The molecule has 0 fully saturated rings. The number of imide groups is 1. The summed E-state index contributed by atoms with van der Waals surface area (Å²) >= 11 is 0. The van der Waals surface area contributed by atoms with E-state index in [9.17, 15) is 57.0 Å². The molecule has 7 amide bonds. The van der Waals surface area contributed by atoms with Crippen molar-refractivity contribution in [3.8, 4) is 22.9 Å². The average molecular weight is 951 g/mol. The number of nitrogens with zero attached hydrogens (tertiary/aromatic N) is 3. The zero-order valence-electron chi connectivity index (χ0n) is 37.2. The maximum absolute atomic E-state index is 14.1. The Morgan fingerprint density at radius 3 is 2.16 bits per heavy atom. The van der Waals surface area contributed by atoms with E-state index in [0.717, 1.165) is 4.90 Å². The van der Waals surface area contributed by atoms with Gasteiger partial charge in [0.2, 0.25) is 29.5 Å². The number of hydrogen-bond acceptors (Lipinski definition) is 15. The highest BCUT2D eigenvalue weighted by Crippen LogP contribution is 2.46. The number of nitrogens with one attached hydrogen (secondary N) is 5. The van der Waals surface area contributed by atoms with Gasteiger partial charge in [-0.3, -0.25) is 43.3 Å². The number of aromatic nitrogens is 2. The van der Waals surface area contributed by atoms with Crippen LogP contribution in [0.1, 0.15) is 82.1 Å². The number of esters is 1. The molecular weight excluding hydrogens is 903 g/mol. The van der Waals surface area contributed by atoms with Crippen LogP contribution in [-0.2, 0) is 73.1 Å². The molecule has 4 atom stereocenters. The minimum Gasteiger partial charge on any atom is -0.458 e. The number of carbonyl (C=O) groups is 8. The molecule has 7 rings (SSSR count). The summed E-state index contributed by atoms with van der Waals surface area (Å²) in [6, 6.07) is 0.770. The number of hydrogen-bond donors (Lipinski definition) is 6. The van der Waals surface area contributed by atoms with Gasteiger partial charge in [0.15, 0.2) is 17.1 Å². The van der Waals surface area contributed by atoms with Crippen LogP contribution < -0.4 is 41.6 Å². The summed E-state index contributed by atoms with van der Waals surface area (Å²) in [6.07, 6.45) is -0.0220. The number of rotatable bonds is 19. The fourth-order valence-corrected chi connectivity index (χ4v) is 8.04. The first-order chi connectivity index (χ1) is 32.2. The first kappa shape index (κ1) is 48.6. The number of unbranched alkanes of at least 4 members (excludes halogenated alkanes) is 2. The van der Waals surface area contributed by atoms with Crippen LogP contribution in [0.4, 0.5) is 8.78 Å². The summed E-state index contributed by atoms with van der Waals surface area (Å²) in [5.41, 5.74) is -1.11. The Morgan fingerprint density at radius 2 is 1.49 bits per heavy atom. The second-order valence-electron chi connectivity index (χ2n) is 16.5. The molecule has 0 aliphatic carbocycles. The number of carbonyl (C=O) groups excluding carboxylic acids is 8. The molecule has 1 aromatic carbocycles. The fourth-order valence-electron chi connectivity index (χ4n) is 8.04. The molecule has 0 saturated heterocycles. The molecule has 0 bridgehead atoms. The van der Waals surface area contributed by atoms with Gasteiger partial charge in [0.25, 0.3) is 17.4 Å². The maximum Gasteiger partial charge on any atom is 0.586 e. The van der Waals surface area contributed by atoms with Crippen molar-refractivity contribution in [1.29, 1.82) is 0 Å². The number of cyclic esters (lactones) is 1. The number of halogens is 2. The molecule has 0 unspecified atom stereocenters. The Hall–Kier alpha value is -7.34. The predicted molar refractivity (Wildman–Crippen MR) is 229 cm³/mol. The number of alkyl halides is 2. The van der Waals surface area contributed by atoms with E-state index in [2.05, 4.69) is 41.0 Å². The summed E-state index contributed by atoms with van der Waals surface area (Å²) in [4.78, 5) is 119. The van der Waals surface area contributed by atoms with Crippen LogP contribution in [0.2, 0.25) is 0 Å². The van der Waals surface area contributed by atoms with Crippen LogP contribution in [0.25, 0.3) is 22.3 Å². The van der Waals surface area contributed by atoms with Gasteiger partial charge in [-0.15, -0.1) is 8.78 Å². The summed E-state index contributed by atoms with van der Waals surface area (Å²) in [6.45, 7) is 4.28. The van der Waals surface area contributed by atoms with Crippen molar-refractivity contribution >= 4 is 58.2 Å². The Balaban J connectivity index is 0.885. The highest BCUT2D eigenvalue weighted by atomic mass is 19.3. The summed E-state index contributed by atoms with van der Waals surface area (Å²) in [5, 5.41) is 24.1. The van der Waals surface area contributed by atoms with Gasteiger partial charge in [-0.05, 0) is 57.7 Å². The van der Waals surface area contributed by atoms with Gasteiger partial charge in [-0.25, -0.2) is 9.78 Å². The molecule has 3 aromatic rings. The lowest BCUT2D eigenvalue weighted by atomic mass is 9.86. The third-order valence-electron chi connectivity index (χ3n) is 11.8. The van der Waals surface area contributed by atoms with E-state index in [1.54, 1.807) is 6.92 Å². The second kappa shape index (κ2) is 19.5. The maximum atomic E-state index is 14.1. The molecule has 68 heavy (non-hydrogen) atoms. The topological polar surface area (TPSA) is 292 Å². The zero-order valence-corrected chi connectivity index (χ0v) is 37.2. The van der Waals surface area contributed by atoms with Crippen molar-refractivity contribution in [2.75, 3.05) is 19.9 Å². The smallest absolute Gasteiger partial charge is 0.458 e. The van der Waals surface area contributed by atoms with Crippen molar-refractivity contribution < 1.29 is 71.2 Å². The van der Waals surface area contributed by atoms with Gasteiger partial charge < -0.3 is 55.2 Å². The van der Waals surface area contributed by atoms with Crippen molar-refractivity contribution in [3.05, 3.63) is 63.0 Å². The summed E-state index contributed by atoms with van der Waals surface area (Å²) in [5.74, 6) is -5.40. The lowest BCUT2D eigenvalue weighted by Crippen LogP contribution is -2.54. The van der Waals surface area contributed by atoms with Gasteiger partial charge in [0.1, 0.15) is 38.1 Å². The Morgan fingerprint density at radius 1 is 0.838 bits per heavy atom. The largest absolute Gasteiger partial charge is 0.586 e. The first-order valence-electron chi connectivity index (χ1n) is 21.7. The minimum absolute atomic E-state index is 0.0604. The molecule has 6 N–H and O–H groups in total. The number of benzene rings is 1. The summed E-state index contributed by atoms with van der Waals surface area (Å²) in [7, 11) is 0. The predicted octanol–water partition coefficient (Wildman–Crippen LogP) is 0.107. The molecule has 6 heterocycles. The van der Waals surface area contributed by atoms with Gasteiger partial charge in [0, 0.05) is 54.2 Å². The van der Waals surface area contributed by atoms with E-state index < -0.39 is 84.4 Å². The van der Waals surface area contributed by atoms with Gasteiger partial charge in [-0.1, -0.05) is 13.3 Å². The minimum atomic E-state index is -3.95. The molecule has 4 aliphatic rings. The van der Waals surface area contributed by atoms with Crippen LogP contribution in [0.5, 0.6) is 11.5 Å². The van der Waals surface area contributed by atoms with Gasteiger partial charge >= 0.3 is 12.3 Å². The van der Waals surface area contributed by atoms with Crippen molar-refractivity contribution in [1.82, 2.24) is 41.0 Å². The average Bonchev–Trinajstić information content (AvgIpc) is 3.93. The van der Waals surface area contributed by atoms with Crippen LogP contribution in [0.15, 0.2) is 35.1 Å². The standard InChI is InChI=1S/C44H48F2N8O14/c1-5-43(64)28-14-30-37-26(17-54(30)41(62)27(28)18-66-42(43)63)25(24-13-31-32(15-29(24)52-37)68-44(45,46)67-31)16-47-34(56)19-65-20-48-38(59)21(2)50-40(61)23(4)51-39(60)22(3)49-33(55)9-7-6-8-12-53-35(57)10-11-36(53)58/h10-11,13-15,21-23,64H,5-9,12,16-20H2,1-4H3,(H,47,56)(H,48,59)(H,49,55)(H,50,61)(H,51,60)/t21-,22-,23-,43-/m0/s1. The van der Waals surface area contributed by atoms with Crippen LogP contribution >= 0.6 is 0 Å². The van der Waals surface area contributed by atoms with Gasteiger partial charge in [-0.2, -0.15) is 0 Å². The Labute approximate surface area is 385 Å². The molecule has 0 spiro atoms. The molecule has 0 radical (unpaired) electrons. The second-order valence-corrected chi connectivity index (χ2v) is 16.5. The lowest BCUT2D eigenvalue weighted by molar-refractivity contribution is -0.286. The van der Waals surface area contributed by atoms with Crippen molar-refractivity contribution in [3.63, 3.8) is 0 Å². The van der Waals surface area contributed by atoms with E-state index in [4.69, 9.17) is 9.47 Å². The number of aliphatic hydroxyl groups is 1. The first-order valence-corrected chi connectivity index (χ1v) is 21.7. The number of fused-ring (bicyclic) bond motifs is 6. The highest BCUT2D eigenvalue weighted by Gasteiger charge is 2.46. The van der Waals surface area contributed by atoms with E-state index in [1.165, 1.54) is 55.7 Å². The Kier molecular flexibility index (Phi) is 13.9. The van der Waals surface area contributed by atoms with E-state index in [0.29, 0.717) is 30.4 Å². The highest BCUT2D eigenvalue weighted by molar-refractivity contribution is 6.12. The lowest BCUT2D eigenvalue weighted by Gasteiger charge is -2.31. The molecule has 0 saturated carbocycles. The zero-order chi connectivity index (χ0) is 49.2. The molecule has 4 aliphatic heterocycles. The Bertz CT molecular complexity index is 2710. The van der Waals surface area contributed by atoms with Crippen LogP contribution in [-0.4, -0.2) is 111 Å². The number of amides is 7. The summed E-state index contributed by atoms with van der Waals surface area (Å²) < 4.78 is 49.4. The molecule has 22 nitrogen and oxygen atoms in total. The van der Waals surface area contributed by atoms with Crippen molar-refractivity contribution in [2.45, 2.75) is 110 Å². The molecule has 24 heteroatoms.